The number of unbranched alkanes of at least 4 members (excludes halogenated alkanes) is 1. The lowest BCUT2D eigenvalue weighted by molar-refractivity contribution is 0.419. The fourth-order valence-corrected chi connectivity index (χ4v) is 2.52. The lowest BCUT2D eigenvalue weighted by atomic mass is 10.2. The van der Waals surface area contributed by atoms with Crippen LogP contribution in [-0.2, 0) is 13.1 Å². The summed E-state index contributed by atoms with van der Waals surface area (Å²) in [5.74, 6) is 1.30. The minimum Gasteiger partial charge on any atom is -0.494 e. The number of anilines is 1. The van der Waals surface area contributed by atoms with Gasteiger partial charge in [-0.2, -0.15) is 0 Å². The number of nitrogen functional groups attached to an aromatic ring is 1. The first-order valence-electron chi connectivity index (χ1n) is 7.04. The van der Waals surface area contributed by atoms with Crippen LogP contribution in [0.15, 0.2) is 36.9 Å². The van der Waals surface area contributed by atoms with Gasteiger partial charge in [0.25, 0.3) is 0 Å². The molecule has 0 spiro atoms. The standard InChI is InChI=1S/C15H19N5O/c1-21-13-6-4-5-12-14(13)18-15(16)20(12)9-3-2-8-19-10-7-17-11-19/h4-7,10-11H,2-3,8-9H2,1H3,(H2,16,18). The van der Waals surface area contributed by atoms with E-state index in [9.17, 15) is 0 Å². The quantitative estimate of drug-likeness (QED) is 0.705. The summed E-state index contributed by atoms with van der Waals surface area (Å²) in [4.78, 5) is 8.45. The van der Waals surface area contributed by atoms with E-state index in [1.807, 2.05) is 35.3 Å². The monoisotopic (exact) mass is 285 g/mol. The maximum atomic E-state index is 6.03. The Morgan fingerprint density at radius 2 is 2.10 bits per heavy atom. The molecule has 0 saturated heterocycles. The van der Waals surface area contributed by atoms with Crippen molar-refractivity contribution in [3.63, 3.8) is 0 Å². The fourth-order valence-electron chi connectivity index (χ4n) is 2.52. The Bertz CT molecular complexity index is 717. The molecule has 0 unspecified atom stereocenters. The smallest absolute Gasteiger partial charge is 0.201 e. The van der Waals surface area contributed by atoms with Crippen molar-refractivity contribution in [3.05, 3.63) is 36.9 Å². The molecular formula is C15H19N5O. The molecule has 6 heteroatoms. The first-order valence-corrected chi connectivity index (χ1v) is 7.04. The molecule has 3 rings (SSSR count). The number of rotatable bonds is 6. The van der Waals surface area contributed by atoms with Gasteiger partial charge in [0, 0.05) is 25.5 Å². The number of imidazole rings is 2. The van der Waals surface area contributed by atoms with Gasteiger partial charge in [-0.05, 0) is 25.0 Å². The summed E-state index contributed by atoms with van der Waals surface area (Å²) in [6.07, 6.45) is 7.72. The minimum atomic E-state index is 0.539. The van der Waals surface area contributed by atoms with Crippen LogP contribution >= 0.6 is 0 Å². The number of para-hydroxylation sites is 1. The van der Waals surface area contributed by atoms with E-state index in [1.54, 1.807) is 13.3 Å². The second kappa shape index (κ2) is 5.87. The van der Waals surface area contributed by atoms with Crippen LogP contribution in [0.2, 0.25) is 0 Å². The molecule has 0 radical (unpaired) electrons. The van der Waals surface area contributed by atoms with Gasteiger partial charge in [0.05, 0.1) is 19.0 Å². The number of aryl methyl sites for hydroxylation is 2. The molecule has 0 atom stereocenters. The highest BCUT2D eigenvalue weighted by Crippen LogP contribution is 2.26. The van der Waals surface area contributed by atoms with Crippen LogP contribution in [-0.4, -0.2) is 26.2 Å². The molecule has 6 nitrogen and oxygen atoms in total. The molecule has 0 fully saturated rings. The van der Waals surface area contributed by atoms with Crippen LogP contribution < -0.4 is 10.5 Å². The van der Waals surface area contributed by atoms with E-state index in [1.165, 1.54) is 0 Å². The average molecular weight is 285 g/mol. The number of ether oxygens (including phenoxy) is 1. The molecule has 21 heavy (non-hydrogen) atoms. The molecule has 0 bridgehead atoms. The number of hydrogen-bond donors (Lipinski definition) is 1. The Balaban J connectivity index is 1.70. The lowest BCUT2D eigenvalue weighted by Gasteiger charge is -2.07. The summed E-state index contributed by atoms with van der Waals surface area (Å²) < 4.78 is 9.46. The summed E-state index contributed by atoms with van der Waals surface area (Å²) in [7, 11) is 1.65. The molecule has 3 aromatic rings. The third kappa shape index (κ3) is 2.69. The summed E-state index contributed by atoms with van der Waals surface area (Å²) in [5, 5.41) is 0. The largest absolute Gasteiger partial charge is 0.494 e. The normalized spacial score (nSPS) is 11.1. The van der Waals surface area contributed by atoms with Crippen LogP contribution in [0.25, 0.3) is 11.0 Å². The molecule has 1 aromatic carbocycles. The van der Waals surface area contributed by atoms with Crippen molar-refractivity contribution in [2.45, 2.75) is 25.9 Å². The zero-order chi connectivity index (χ0) is 14.7. The number of benzene rings is 1. The van der Waals surface area contributed by atoms with E-state index < -0.39 is 0 Å². The van der Waals surface area contributed by atoms with E-state index in [0.717, 1.165) is 42.7 Å². The molecule has 2 N–H and O–H groups in total. The zero-order valence-corrected chi connectivity index (χ0v) is 12.1. The SMILES string of the molecule is COc1cccc2c1nc(N)n2CCCCn1ccnc1. The fraction of sp³-hybridized carbons (Fsp3) is 0.333. The van der Waals surface area contributed by atoms with Crippen LogP contribution in [0.1, 0.15) is 12.8 Å². The number of fused-ring (bicyclic) bond motifs is 1. The van der Waals surface area contributed by atoms with Gasteiger partial charge in [-0.25, -0.2) is 9.97 Å². The first kappa shape index (κ1) is 13.5. The topological polar surface area (TPSA) is 70.9 Å². The van der Waals surface area contributed by atoms with E-state index in [0.29, 0.717) is 5.95 Å². The highest BCUT2D eigenvalue weighted by Gasteiger charge is 2.11. The molecule has 0 saturated carbocycles. The Morgan fingerprint density at radius 3 is 2.86 bits per heavy atom. The van der Waals surface area contributed by atoms with E-state index in [2.05, 4.69) is 14.5 Å². The molecule has 0 aliphatic carbocycles. The summed E-state index contributed by atoms with van der Waals surface area (Å²) in [5.41, 5.74) is 7.88. The van der Waals surface area contributed by atoms with E-state index in [-0.39, 0.29) is 0 Å². The second-order valence-corrected chi connectivity index (χ2v) is 4.96. The molecule has 110 valence electrons. The van der Waals surface area contributed by atoms with Crippen molar-refractivity contribution in [1.29, 1.82) is 0 Å². The number of aromatic nitrogens is 4. The van der Waals surface area contributed by atoms with Gasteiger partial charge in [0.2, 0.25) is 5.95 Å². The minimum absolute atomic E-state index is 0.539. The third-order valence-electron chi connectivity index (χ3n) is 3.60. The summed E-state index contributed by atoms with van der Waals surface area (Å²) in [6.45, 7) is 1.82. The van der Waals surface area contributed by atoms with Crippen molar-refractivity contribution in [2.75, 3.05) is 12.8 Å². The Morgan fingerprint density at radius 1 is 1.24 bits per heavy atom. The van der Waals surface area contributed by atoms with Crippen LogP contribution in [0.4, 0.5) is 5.95 Å². The number of methoxy groups -OCH3 is 1. The Hall–Kier alpha value is -2.50. The van der Waals surface area contributed by atoms with E-state index in [4.69, 9.17) is 10.5 Å². The molecule has 0 aliphatic rings. The van der Waals surface area contributed by atoms with E-state index >= 15 is 0 Å². The van der Waals surface area contributed by atoms with Gasteiger partial charge in [0.1, 0.15) is 11.3 Å². The maximum absolute atomic E-state index is 6.03. The van der Waals surface area contributed by atoms with Gasteiger partial charge in [-0.1, -0.05) is 6.07 Å². The van der Waals surface area contributed by atoms with Crippen molar-refractivity contribution in [3.8, 4) is 5.75 Å². The maximum Gasteiger partial charge on any atom is 0.201 e. The summed E-state index contributed by atoms with van der Waals surface area (Å²) >= 11 is 0. The van der Waals surface area contributed by atoms with Crippen molar-refractivity contribution >= 4 is 17.0 Å². The lowest BCUT2D eigenvalue weighted by Crippen LogP contribution is -2.04. The highest BCUT2D eigenvalue weighted by atomic mass is 16.5. The molecular weight excluding hydrogens is 266 g/mol. The zero-order valence-electron chi connectivity index (χ0n) is 12.1. The number of nitrogens with zero attached hydrogens (tertiary/aromatic N) is 4. The Labute approximate surface area is 123 Å². The molecule has 0 amide bonds. The highest BCUT2D eigenvalue weighted by molar-refractivity contribution is 5.84. The number of nitrogens with two attached hydrogens (primary N) is 1. The van der Waals surface area contributed by atoms with Gasteiger partial charge in [-0.15, -0.1) is 0 Å². The predicted molar refractivity (Wildman–Crippen MR) is 82.2 cm³/mol. The van der Waals surface area contributed by atoms with Gasteiger partial charge in [-0.3, -0.25) is 0 Å². The van der Waals surface area contributed by atoms with Crippen LogP contribution in [0.5, 0.6) is 5.75 Å². The van der Waals surface area contributed by atoms with Crippen LogP contribution in [0.3, 0.4) is 0 Å². The molecule has 0 aliphatic heterocycles. The van der Waals surface area contributed by atoms with Crippen molar-refractivity contribution in [1.82, 2.24) is 19.1 Å². The van der Waals surface area contributed by atoms with Gasteiger partial charge < -0.3 is 19.6 Å². The summed E-state index contributed by atoms with van der Waals surface area (Å²) in [6, 6.07) is 5.89. The molecule has 2 aromatic heterocycles. The first-order chi connectivity index (χ1) is 10.3. The Kier molecular flexibility index (Phi) is 3.77. The number of hydrogen-bond acceptors (Lipinski definition) is 4. The van der Waals surface area contributed by atoms with Crippen LogP contribution in [0, 0.1) is 0 Å². The van der Waals surface area contributed by atoms with Crippen molar-refractivity contribution in [2.24, 2.45) is 0 Å². The van der Waals surface area contributed by atoms with Gasteiger partial charge in [0.15, 0.2) is 0 Å². The average Bonchev–Trinajstić information content (AvgIpc) is 3.11. The molecule has 2 heterocycles. The van der Waals surface area contributed by atoms with Crippen molar-refractivity contribution < 1.29 is 4.74 Å². The third-order valence-corrected chi connectivity index (χ3v) is 3.60. The predicted octanol–water partition coefficient (Wildman–Crippen LogP) is 2.30. The van der Waals surface area contributed by atoms with Gasteiger partial charge >= 0.3 is 0 Å². The second-order valence-electron chi connectivity index (χ2n) is 4.96.